The summed E-state index contributed by atoms with van der Waals surface area (Å²) in [5, 5.41) is 3.39. The van der Waals surface area contributed by atoms with Gasteiger partial charge >= 0.3 is 0 Å². The van der Waals surface area contributed by atoms with Crippen molar-refractivity contribution in [2.75, 3.05) is 13.2 Å². The average molecular weight is 251 g/mol. The molecule has 2 nitrogen and oxygen atoms in total. The van der Waals surface area contributed by atoms with Crippen LogP contribution >= 0.6 is 0 Å². The van der Waals surface area contributed by atoms with Gasteiger partial charge in [-0.3, -0.25) is 0 Å². The van der Waals surface area contributed by atoms with Gasteiger partial charge < -0.3 is 10.1 Å². The summed E-state index contributed by atoms with van der Waals surface area (Å²) in [4.78, 5) is 0. The predicted molar refractivity (Wildman–Crippen MR) is 73.8 cm³/mol. The van der Waals surface area contributed by atoms with Crippen LogP contribution in [0.5, 0.6) is 0 Å². The van der Waals surface area contributed by atoms with Gasteiger partial charge in [0.15, 0.2) is 0 Å². The van der Waals surface area contributed by atoms with Crippen molar-refractivity contribution in [1.82, 2.24) is 5.32 Å². The Balaban J connectivity index is 2.98. The fraction of sp³-hybridized carbons (Fsp3) is 0.467. The first-order chi connectivity index (χ1) is 8.60. The van der Waals surface area contributed by atoms with Gasteiger partial charge in [-0.2, -0.15) is 0 Å². The number of halogens is 1. The van der Waals surface area contributed by atoms with Gasteiger partial charge in [0.1, 0.15) is 11.6 Å². The van der Waals surface area contributed by atoms with E-state index in [0.717, 1.165) is 24.1 Å². The molecule has 0 aliphatic heterocycles. The molecule has 0 amide bonds. The molecule has 0 saturated heterocycles. The molecule has 0 spiro atoms. The molecule has 0 heterocycles. The maximum atomic E-state index is 13.3. The van der Waals surface area contributed by atoms with E-state index in [2.05, 4.69) is 25.7 Å². The summed E-state index contributed by atoms with van der Waals surface area (Å²) in [6.07, 6.45) is 1.06. The molecule has 1 atom stereocenters. The van der Waals surface area contributed by atoms with E-state index in [9.17, 15) is 4.39 Å². The second-order valence-corrected chi connectivity index (χ2v) is 4.26. The molecular formula is C15H22FNO. The second kappa shape index (κ2) is 7.17. The Morgan fingerprint density at radius 1 is 1.44 bits per heavy atom. The Labute approximate surface area is 109 Å². The van der Waals surface area contributed by atoms with Crippen molar-refractivity contribution in [3.8, 4) is 0 Å². The van der Waals surface area contributed by atoms with Crippen molar-refractivity contribution >= 4 is 5.76 Å². The number of hydrogen-bond donors (Lipinski definition) is 1. The topological polar surface area (TPSA) is 21.3 Å². The fourth-order valence-electron chi connectivity index (χ4n) is 1.87. The molecule has 0 fully saturated rings. The van der Waals surface area contributed by atoms with Crippen LogP contribution in [-0.4, -0.2) is 13.2 Å². The molecule has 18 heavy (non-hydrogen) atoms. The molecule has 1 N–H and O–H groups in total. The Bertz CT molecular complexity index is 403. The lowest BCUT2D eigenvalue weighted by atomic mass is 10.00. The zero-order chi connectivity index (χ0) is 13.5. The van der Waals surface area contributed by atoms with E-state index in [1.807, 2.05) is 6.92 Å². The molecule has 0 aromatic heterocycles. The van der Waals surface area contributed by atoms with Gasteiger partial charge in [-0.25, -0.2) is 4.39 Å². The summed E-state index contributed by atoms with van der Waals surface area (Å²) < 4.78 is 18.7. The number of nitrogens with one attached hydrogen (secondary N) is 1. The molecule has 1 rings (SSSR count). The third kappa shape index (κ3) is 3.84. The van der Waals surface area contributed by atoms with Gasteiger partial charge in [0.2, 0.25) is 0 Å². The monoisotopic (exact) mass is 251 g/mol. The van der Waals surface area contributed by atoms with Gasteiger partial charge in [0.25, 0.3) is 0 Å². The first-order valence-corrected chi connectivity index (χ1v) is 6.45. The number of benzene rings is 1. The van der Waals surface area contributed by atoms with Crippen LogP contribution in [-0.2, 0) is 4.74 Å². The molecule has 1 aromatic rings. The summed E-state index contributed by atoms with van der Waals surface area (Å²) in [7, 11) is 0. The number of rotatable bonds is 7. The lowest BCUT2D eigenvalue weighted by molar-refractivity contribution is 0.298. The minimum atomic E-state index is -0.266. The SMILES string of the molecule is C=C(OCC)c1cc(F)ccc1C(C)NCCC. The molecule has 0 aliphatic rings. The summed E-state index contributed by atoms with van der Waals surface area (Å²) in [6.45, 7) is 11.4. The van der Waals surface area contributed by atoms with Crippen molar-refractivity contribution in [3.63, 3.8) is 0 Å². The summed E-state index contributed by atoms with van der Waals surface area (Å²) in [6, 6.07) is 4.90. The lowest BCUT2D eigenvalue weighted by Crippen LogP contribution is -2.20. The van der Waals surface area contributed by atoms with Gasteiger partial charge in [0.05, 0.1) is 6.61 Å². The molecule has 0 saturated carbocycles. The molecule has 0 aliphatic carbocycles. The number of ether oxygens (including phenoxy) is 1. The quantitative estimate of drug-likeness (QED) is 0.742. The third-order valence-electron chi connectivity index (χ3n) is 2.80. The van der Waals surface area contributed by atoms with E-state index in [4.69, 9.17) is 4.74 Å². The summed E-state index contributed by atoms with van der Waals surface area (Å²) >= 11 is 0. The zero-order valence-corrected chi connectivity index (χ0v) is 11.4. The Morgan fingerprint density at radius 3 is 2.78 bits per heavy atom. The molecule has 1 unspecified atom stereocenters. The Hall–Kier alpha value is -1.35. The highest BCUT2D eigenvalue weighted by Crippen LogP contribution is 2.25. The molecule has 3 heteroatoms. The van der Waals surface area contributed by atoms with E-state index >= 15 is 0 Å². The summed E-state index contributed by atoms with van der Waals surface area (Å²) in [5.74, 6) is 0.259. The van der Waals surface area contributed by atoms with Crippen LogP contribution in [0.1, 0.15) is 44.4 Å². The normalized spacial score (nSPS) is 12.2. The van der Waals surface area contributed by atoms with E-state index in [-0.39, 0.29) is 11.9 Å². The smallest absolute Gasteiger partial charge is 0.123 e. The molecule has 0 bridgehead atoms. The van der Waals surface area contributed by atoms with Crippen LogP contribution < -0.4 is 5.32 Å². The van der Waals surface area contributed by atoms with Crippen molar-refractivity contribution in [3.05, 3.63) is 41.7 Å². The van der Waals surface area contributed by atoms with Crippen LogP contribution in [0.15, 0.2) is 24.8 Å². The Morgan fingerprint density at radius 2 is 2.17 bits per heavy atom. The van der Waals surface area contributed by atoms with Crippen molar-refractivity contribution in [2.24, 2.45) is 0 Å². The lowest BCUT2D eigenvalue weighted by Gasteiger charge is -2.19. The summed E-state index contributed by atoms with van der Waals surface area (Å²) in [5.41, 5.74) is 1.76. The predicted octanol–water partition coefficient (Wildman–Crippen LogP) is 3.89. The first kappa shape index (κ1) is 14.7. The van der Waals surface area contributed by atoms with Crippen LogP contribution in [0, 0.1) is 5.82 Å². The molecular weight excluding hydrogens is 229 g/mol. The van der Waals surface area contributed by atoms with E-state index in [0.29, 0.717) is 12.4 Å². The number of hydrogen-bond acceptors (Lipinski definition) is 2. The fourth-order valence-corrected chi connectivity index (χ4v) is 1.87. The highest BCUT2D eigenvalue weighted by Gasteiger charge is 2.13. The Kier molecular flexibility index (Phi) is 5.86. The van der Waals surface area contributed by atoms with Gasteiger partial charge in [-0.05, 0) is 44.5 Å². The largest absolute Gasteiger partial charge is 0.494 e. The molecule has 1 aromatic carbocycles. The van der Waals surface area contributed by atoms with E-state index in [1.165, 1.54) is 12.1 Å². The molecule has 100 valence electrons. The van der Waals surface area contributed by atoms with E-state index < -0.39 is 0 Å². The highest BCUT2D eigenvalue weighted by molar-refractivity contribution is 5.61. The van der Waals surface area contributed by atoms with Gasteiger partial charge in [-0.1, -0.05) is 19.6 Å². The maximum Gasteiger partial charge on any atom is 0.123 e. The van der Waals surface area contributed by atoms with Crippen LogP contribution in [0.3, 0.4) is 0 Å². The first-order valence-electron chi connectivity index (χ1n) is 6.45. The standard InChI is InChI=1S/C15H22FNO/c1-5-9-17-11(3)14-8-7-13(16)10-15(14)12(4)18-6-2/h7-8,10-11,17H,4-6,9H2,1-3H3. The van der Waals surface area contributed by atoms with Gasteiger partial charge in [-0.15, -0.1) is 0 Å². The van der Waals surface area contributed by atoms with Crippen LogP contribution in [0.2, 0.25) is 0 Å². The van der Waals surface area contributed by atoms with Crippen molar-refractivity contribution in [1.29, 1.82) is 0 Å². The highest BCUT2D eigenvalue weighted by atomic mass is 19.1. The van der Waals surface area contributed by atoms with Crippen molar-refractivity contribution in [2.45, 2.75) is 33.2 Å². The van der Waals surface area contributed by atoms with Crippen LogP contribution in [0.4, 0.5) is 4.39 Å². The van der Waals surface area contributed by atoms with Crippen molar-refractivity contribution < 1.29 is 9.13 Å². The average Bonchev–Trinajstić information content (AvgIpc) is 2.36. The minimum Gasteiger partial charge on any atom is -0.494 e. The second-order valence-electron chi connectivity index (χ2n) is 4.26. The van der Waals surface area contributed by atoms with Crippen LogP contribution in [0.25, 0.3) is 5.76 Å². The van der Waals surface area contributed by atoms with Gasteiger partial charge in [0, 0.05) is 11.6 Å². The third-order valence-corrected chi connectivity index (χ3v) is 2.80. The van der Waals surface area contributed by atoms with E-state index in [1.54, 1.807) is 6.07 Å². The maximum absolute atomic E-state index is 13.3. The minimum absolute atomic E-state index is 0.151. The molecule has 0 radical (unpaired) electrons. The zero-order valence-electron chi connectivity index (χ0n) is 11.4.